The van der Waals surface area contributed by atoms with Gasteiger partial charge in [-0.25, -0.2) is 4.79 Å². The largest absolute Gasteiger partial charge is 0.507 e. The SMILES string of the molecule is Cc1ccccc1C(O)=CC(=O)C(=O)O. The smallest absolute Gasteiger partial charge is 0.376 e. The van der Waals surface area contributed by atoms with Gasteiger partial charge in [-0.15, -0.1) is 0 Å². The molecule has 15 heavy (non-hydrogen) atoms. The molecule has 0 bridgehead atoms. The molecule has 0 radical (unpaired) electrons. The van der Waals surface area contributed by atoms with Crippen LogP contribution in [0.25, 0.3) is 5.76 Å². The summed E-state index contributed by atoms with van der Waals surface area (Å²) < 4.78 is 0. The zero-order chi connectivity index (χ0) is 11.4. The van der Waals surface area contributed by atoms with Crippen LogP contribution < -0.4 is 0 Å². The molecule has 1 aromatic rings. The van der Waals surface area contributed by atoms with Crippen LogP contribution in [-0.2, 0) is 9.59 Å². The van der Waals surface area contributed by atoms with Crippen LogP contribution >= 0.6 is 0 Å². The summed E-state index contributed by atoms with van der Waals surface area (Å²) in [5, 5.41) is 17.8. The summed E-state index contributed by atoms with van der Waals surface area (Å²) in [7, 11) is 0. The molecular formula is C11H10O4. The van der Waals surface area contributed by atoms with Crippen LogP contribution in [0.1, 0.15) is 11.1 Å². The van der Waals surface area contributed by atoms with Crippen LogP contribution in [0.4, 0.5) is 0 Å². The molecule has 1 rings (SSSR count). The second-order valence-electron chi connectivity index (χ2n) is 3.01. The van der Waals surface area contributed by atoms with Crippen molar-refractivity contribution in [2.75, 3.05) is 0 Å². The lowest BCUT2D eigenvalue weighted by Gasteiger charge is -2.02. The number of carbonyl (C=O) groups is 2. The van der Waals surface area contributed by atoms with E-state index in [0.29, 0.717) is 11.6 Å². The van der Waals surface area contributed by atoms with Crippen molar-refractivity contribution in [3.63, 3.8) is 0 Å². The predicted octanol–water partition coefficient (Wildman–Crippen LogP) is 1.55. The Hall–Kier alpha value is -2.10. The molecule has 0 spiro atoms. The third-order valence-electron chi connectivity index (χ3n) is 1.90. The summed E-state index contributed by atoms with van der Waals surface area (Å²) in [6.07, 6.45) is 0.699. The molecule has 4 nitrogen and oxygen atoms in total. The number of ketones is 1. The minimum Gasteiger partial charge on any atom is -0.507 e. The summed E-state index contributed by atoms with van der Waals surface area (Å²) >= 11 is 0. The summed E-state index contributed by atoms with van der Waals surface area (Å²) in [5.41, 5.74) is 1.22. The van der Waals surface area contributed by atoms with Crippen LogP contribution in [0.15, 0.2) is 30.3 Å². The number of hydrogen-bond acceptors (Lipinski definition) is 3. The van der Waals surface area contributed by atoms with Crippen molar-refractivity contribution in [2.45, 2.75) is 6.92 Å². The molecule has 0 saturated heterocycles. The fourth-order valence-corrected chi connectivity index (χ4v) is 1.12. The fraction of sp³-hybridized carbons (Fsp3) is 0.0909. The first-order chi connectivity index (χ1) is 7.02. The Labute approximate surface area is 86.5 Å². The summed E-state index contributed by atoms with van der Waals surface area (Å²) in [4.78, 5) is 21.0. The minimum absolute atomic E-state index is 0.333. The molecule has 2 N–H and O–H groups in total. The number of aliphatic carboxylic acids is 1. The molecule has 0 unspecified atom stereocenters. The monoisotopic (exact) mass is 206 g/mol. The number of aliphatic hydroxyl groups excluding tert-OH is 1. The zero-order valence-corrected chi connectivity index (χ0v) is 8.10. The van der Waals surface area contributed by atoms with Gasteiger partial charge in [0, 0.05) is 11.6 Å². The van der Waals surface area contributed by atoms with Gasteiger partial charge in [-0.1, -0.05) is 24.3 Å². The lowest BCUT2D eigenvalue weighted by atomic mass is 10.1. The molecule has 0 aliphatic heterocycles. The van der Waals surface area contributed by atoms with E-state index in [-0.39, 0.29) is 5.76 Å². The van der Waals surface area contributed by atoms with Gasteiger partial charge >= 0.3 is 5.97 Å². The van der Waals surface area contributed by atoms with Crippen molar-refractivity contribution >= 4 is 17.5 Å². The van der Waals surface area contributed by atoms with Crippen molar-refractivity contribution in [2.24, 2.45) is 0 Å². The van der Waals surface area contributed by atoms with E-state index in [2.05, 4.69) is 0 Å². The number of carboxylic acids is 1. The summed E-state index contributed by atoms with van der Waals surface area (Å²) in [6.45, 7) is 1.75. The fourth-order valence-electron chi connectivity index (χ4n) is 1.12. The van der Waals surface area contributed by atoms with E-state index in [1.54, 1.807) is 31.2 Å². The van der Waals surface area contributed by atoms with Crippen molar-refractivity contribution in [1.82, 2.24) is 0 Å². The number of carbonyl (C=O) groups excluding carboxylic acids is 1. The first kappa shape index (κ1) is 11.0. The van der Waals surface area contributed by atoms with Gasteiger partial charge in [0.2, 0.25) is 0 Å². The highest BCUT2D eigenvalue weighted by Crippen LogP contribution is 2.15. The number of carboxylic acid groups (broad SMARTS) is 1. The molecule has 78 valence electrons. The first-order valence-electron chi connectivity index (χ1n) is 4.26. The van der Waals surface area contributed by atoms with Gasteiger partial charge < -0.3 is 10.2 Å². The van der Waals surface area contributed by atoms with Crippen molar-refractivity contribution in [3.05, 3.63) is 41.5 Å². The van der Waals surface area contributed by atoms with Crippen molar-refractivity contribution in [3.8, 4) is 0 Å². The summed E-state index contributed by atoms with van der Waals surface area (Å²) in [6, 6.07) is 6.84. The van der Waals surface area contributed by atoms with E-state index < -0.39 is 11.8 Å². The lowest BCUT2D eigenvalue weighted by molar-refractivity contribution is -0.146. The normalized spacial score (nSPS) is 11.1. The summed E-state index contributed by atoms with van der Waals surface area (Å²) in [5.74, 6) is -3.06. The Morgan fingerprint density at radius 1 is 1.20 bits per heavy atom. The van der Waals surface area contributed by atoms with Crippen molar-refractivity contribution < 1.29 is 19.8 Å². The maximum absolute atomic E-state index is 10.8. The van der Waals surface area contributed by atoms with E-state index in [4.69, 9.17) is 5.11 Å². The Bertz CT molecular complexity index is 432. The Kier molecular flexibility index (Phi) is 3.23. The highest BCUT2D eigenvalue weighted by atomic mass is 16.4. The quantitative estimate of drug-likeness (QED) is 0.447. The van der Waals surface area contributed by atoms with Gasteiger partial charge in [-0.2, -0.15) is 0 Å². The third kappa shape index (κ3) is 2.67. The Balaban J connectivity index is 3.05. The number of hydrogen-bond donors (Lipinski definition) is 2. The second-order valence-corrected chi connectivity index (χ2v) is 3.01. The van der Waals surface area contributed by atoms with Gasteiger partial charge in [-0.05, 0) is 12.5 Å². The highest BCUT2D eigenvalue weighted by Gasteiger charge is 2.11. The van der Waals surface area contributed by atoms with Crippen LogP contribution in [0.5, 0.6) is 0 Å². The maximum Gasteiger partial charge on any atom is 0.376 e. The van der Waals surface area contributed by atoms with Crippen LogP contribution in [0.2, 0.25) is 0 Å². The molecule has 4 heteroatoms. The molecular weight excluding hydrogens is 196 g/mol. The standard InChI is InChI=1S/C11H10O4/c1-7-4-2-3-5-8(7)9(12)6-10(13)11(14)15/h2-6,12H,1H3,(H,14,15). The molecule has 0 heterocycles. The number of aliphatic hydroxyl groups is 1. The molecule has 0 aliphatic carbocycles. The van der Waals surface area contributed by atoms with E-state index in [1.165, 1.54) is 0 Å². The molecule has 1 aromatic carbocycles. The van der Waals surface area contributed by atoms with E-state index in [1.807, 2.05) is 0 Å². The average molecular weight is 206 g/mol. The molecule has 0 aromatic heterocycles. The topological polar surface area (TPSA) is 74.6 Å². The van der Waals surface area contributed by atoms with Gasteiger partial charge in [0.25, 0.3) is 5.78 Å². The average Bonchev–Trinajstić information content (AvgIpc) is 2.18. The Morgan fingerprint density at radius 2 is 1.80 bits per heavy atom. The molecule has 0 fully saturated rings. The highest BCUT2D eigenvalue weighted by molar-refractivity contribution is 6.38. The molecule has 0 amide bonds. The lowest BCUT2D eigenvalue weighted by Crippen LogP contribution is -2.09. The zero-order valence-electron chi connectivity index (χ0n) is 8.10. The maximum atomic E-state index is 10.8. The number of rotatable bonds is 3. The number of aryl methyl sites for hydroxylation is 1. The second kappa shape index (κ2) is 4.41. The third-order valence-corrected chi connectivity index (χ3v) is 1.90. The minimum atomic E-state index is -1.59. The van der Waals surface area contributed by atoms with E-state index >= 15 is 0 Å². The molecule has 0 aliphatic rings. The van der Waals surface area contributed by atoms with E-state index in [0.717, 1.165) is 5.56 Å². The number of benzene rings is 1. The molecule has 0 saturated carbocycles. The van der Waals surface area contributed by atoms with Crippen LogP contribution in [0, 0.1) is 6.92 Å². The van der Waals surface area contributed by atoms with Crippen LogP contribution in [-0.4, -0.2) is 22.0 Å². The van der Waals surface area contributed by atoms with E-state index in [9.17, 15) is 14.7 Å². The van der Waals surface area contributed by atoms with Gasteiger partial charge in [0.1, 0.15) is 5.76 Å². The van der Waals surface area contributed by atoms with Gasteiger partial charge in [0.15, 0.2) is 0 Å². The molecule has 0 atom stereocenters. The first-order valence-corrected chi connectivity index (χ1v) is 4.26. The van der Waals surface area contributed by atoms with Crippen LogP contribution in [0.3, 0.4) is 0 Å². The predicted molar refractivity (Wildman–Crippen MR) is 54.4 cm³/mol. The van der Waals surface area contributed by atoms with Crippen molar-refractivity contribution in [1.29, 1.82) is 0 Å². The van der Waals surface area contributed by atoms with Gasteiger partial charge in [0.05, 0.1) is 0 Å². The van der Waals surface area contributed by atoms with Gasteiger partial charge in [-0.3, -0.25) is 4.79 Å². The Morgan fingerprint density at radius 3 is 2.33 bits per heavy atom.